The maximum absolute atomic E-state index is 12.2. The summed E-state index contributed by atoms with van der Waals surface area (Å²) in [7, 11) is 0. The van der Waals surface area contributed by atoms with Crippen LogP contribution < -0.4 is 15.4 Å². The van der Waals surface area contributed by atoms with Gasteiger partial charge in [0.1, 0.15) is 5.75 Å². The van der Waals surface area contributed by atoms with Crippen LogP contribution >= 0.6 is 12.2 Å². The van der Waals surface area contributed by atoms with Crippen LogP contribution in [0, 0.1) is 0 Å². The van der Waals surface area contributed by atoms with Gasteiger partial charge in [0, 0.05) is 30.2 Å². The van der Waals surface area contributed by atoms with Crippen LogP contribution in [-0.4, -0.2) is 40.7 Å². The van der Waals surface area contributed by atoms with Crippen LogP contribution in [0.1, 0.15) is 40.5 Å². The Morgan fingerprint density at radius 2 is 2.08 bits per heavy atom. The van der Waals surface area contributed by atoms with Gasteiger partial charge in [-0.3, -0.25) is 4.79 Å². The summed E-state index contributed by atoms with van der Waals surface area (Å²) in [5, 5.41) is 6.98. The lowest BCUT2D eigenvalue weighted by molar-refractivity contribution is -0.116. The summed E-state index contributed by atoms with van der Waals surface area (Å²) in [6, 6.07) is 7.73. The van der Waals surface area contributed by atoms with E-state index in [2.05, 4.69) is 36.3 Å². The van der Waals surface area contributed by atoms with Gasteiger partial charge in [0.2, 0.25) is 5.91 Å². The van der Waals surface area contributed by atoms with Crippen LogP contribution in [0.25, 0.3) is 0 Å². The Balaban J connectivity index is 1.83. The predicted molar refractivity (Wildman–Crippen MR) is 101 cm³/mol. The van der Waals surface area contributed by atoms with E-state index in [1.54, 1.807) is 0 Å². The van der Waals surface area contributed by atoms with Crippen LogP contribution in [0.3, 0.4) is 0 Å². The molecule has 1 fully saturated rings. The number of hydrogen-bond acceptors (Lipinski definition) is 3. The number of ether oxygens (including phenoxy) is 1. The highest BCUT2D eigenvalue weighted by Crippen LogP contribution is 2.22. The van der Waals surface area contributed by atoms with Gasteiger partial charge in [-0.15, -0.1) is 0 Å². The number of carbonyl (C=O) groups excluding carboxylic acids is 1. The van der Waals surface area contributed by atoms with E-state index in [1.165, 1.54) is 0 Å². The summed E-state index contributed by atoms with van der Waals surface area (Å²) in [5.74, 6) is 0.788. The topological polar surface area (TPSA) is 53.6 Å². The predicted octanol–water partition coefficient (Wildman–Crippen LogP) is 3.16. The van der Waals surface area contributed by atoms with Crippen molar-refractivity contribution in [3.05, 3.63) is 24.3 Å². The number of nitrogens with zero attached hydrogens (tertiary/aromatic N) is 1. The third kappa shape index (κ3) is 5.09. The monoisotopic (exact) mass is 349 g/mol. The lowest BCUT2D eigenvalue weighted by Gasteiger charge is -2.44. The molecule has 1 aliphatic heterocycles. The fourth-order valence-electron chi connectivity index (χ4n) is 3.03. The Hall–Kier alpha value is -1.82. The minimum absolute atomic E-state index is 0.0115. The normalized spacial score (nSPS) is 19.6. The molecule has 0 aliphatic carbocycles. The first-order valence-electron chi connectivity index (χ1n) is 8.42. The zero-order valence-electron chi connectivity index (χ0n) is 14.9. The van der Waals surface area contributed by atoms with Crippen molar-refractivity contribution in [1.82, 2.24) is 10.2 Å². The van der Waals surface area contributed by atoms with Crippen molar-refractivity contribution >= 4 is 28.9 Å². The molecule has 6 heteroatoms. The molecule has 24 heavy (non-hydrogen) atoms. The molecule has 1 atom stereocenters. The van der Waals surface area contributed by atoms with Crippen molar-refractivity contribution in [3.63, 3.8) is 0 Å². The average Bonchev–Trinajstić information content (AvgIpc) is 2.47. The second-order valence-corrected chi connectivity index (χ2v) is 7.20. The molecule has 0 bridgehead atoms. The van der Waals surface area contributed by atoms with E-state index in [4.69, 9.17) is 17.0 Å². The molecule has 1 amide bonds. The van der Waals surface area contributed by atoms with Gasteiger partial charge in [0.05, 0.1) is 6.61 Å². The number of benzene rings is 1. The Kier molecular flexibility index (Phi) is 6.04. The molecule has 0 radical (unpaired) electrons. The van der Waals surface area contributed by atoms with Crippen LogP contribution in [-0.2, 0) is 4.79 Å². The zero-order valence-corrected chi connectivity index (χ0v) is 15.7. The molecule has 5 nitrogen and oxygen atoms in total. The van der Waals surface area contributed by atoms with Gasteiger partial charge in [-0.25, -0.2) is 0 Å². The van der Waals surface area contributed by atoms with Crippen molar-refractivity contribution in [2.45, 2.75) is 52.1 Å². The molecule has 132 valence electrons. The average molecular weight is 350 g/mol. The van der Waals surface area contributed by atoms with Gasteiger partial charge in [-0.2, -0.15) is 0 Å². The van der Waals surface area contributed by atoms with Crippen LogP contribution in [0.4, 0.5) is 5.69 Å². The molecule has 0 aromatic heterocycles. The van der Waals surface area contributed by atoms with Gasteiger partial charge in [0.15, 0.2) is 5.11 Å². The summed E-state index contributed by atoms with van der Waals surface area (Å²) in [6.07, 6.45) is 1.40. The van der Waals surface area contributed by atoms with Gasteiger partial charge in [-0.05, 0) is 70.6 Å². The highest BCUT2D eigenvalue weighted by molar-refractivity contribution is 7.80. The second kappa shape index (κ2) is 7.83. The van der Waals surface area contributed by atoms with Crippen molar-refractivity contribution in [2.75, 3.05) is 18.5 Å². The molecule has 0 spiro atoms. The van der Waals surface area contributed by atoms with E-state index in [1.807, 2.05) is 31.2 Å². The Morgan fingerprint density at radius 3 is 2.67 bits per heavy atom. The lowest BCUT2D eigenvalue weighted by atomic mass is 9.93. The van der Waals surface area contributed by atoms with Gasteiger partial charge < -0.3 is 20.3 Å². The molecular formula is C18H27N3O2S. The number of amides is 1. The number of nitrogens with one attached hydrogen (secondary N) is 2. The fourth-order valence-corrected chi connectivity index (χ4v) is 3.58. The van der Waals surface area contributed by atoms with Crippen molar-refractivity contribution in [3.8, 4) is 5.75 Å². The highest BCUT2D eigenvalue weighted by Gasteiger charge is 2.32. The number of hydrogen-bond donors (Lipinski definition) is 2. The standard InChI is InChI=1S/C18H27N3O2S/c1-5-23-15-8-6-14(7-9-15)19-16(22)10-11-21-13(2)12-18(3,4)20-17(21)24/h6-9,13H,5,10-12H2,1-4H3,(H,19,22)(H,20,24)/t13-/m1/s1. The first-order chi connectivity index (χ1) is 11.3. The van der Waals surface area contributed by atoms with E-state index in [9.17, 15) is 4.79 Å². The maximum Gasteiger partial charge on any atom is 0.226 e. The first kappa shape index (κ1) is 18.5. The van der Waals surface area contributed by atoms with E-state index in [-0.39, 0.29) is 11.4 Å². The summed E-state index contributed by atoms with van der Waals surface area (Å²) >= 11 is 5.44. The van der Waals surface area contributed by atoms with Gasteiger partial charge in [0.25, 0.3) is 0 Å². The number of rotatable bonds is 6. The third-order valence-electron chi connectivity index (χ3n) is 4.07. The van der Waals surface area contributed by atoms with Crippen LogP contribution in [0.2, 0.25) is 0 Å². The molecule has 0 unspecified atom stereocenters. The van der Waals surface area contributed by atoms with E-state index in [0.29, 0.717) is 25.6 Å². The van der Waals surface area contributed by atoms with Gasteiger partial charge >= 0.3 is 0 Å². The van der Waals surface area contributed by atoms with Gasteiger partial charge in [-0.1, -0.05) is 0 Å². The summed E-state index contributed by atoms with van der Waals surface area (Å²) in [4.78, 5) is 14.3. The van der Waals surface area contributed by atoms with E-state index < -0.39 is 0 Å². The number of carbonyl (C=O) groups is 1. The largest absolute Gasteiger partial charge is 0.494 e. The summed E-state index contributed by atoms with van der Waals surface area (Å²) in [6.45, 7) is 9.63. The molecule has 2 rings (SSSR count). The number of thiocarbonyl (C=S) groups is 1. The smallest absolute Gasteiger partial charge is 0.226 e. The highest BCUT2D eigenvalue weighted by atomic mass is 32.1. The molecule has 1 aromatic rings. The molecule has 1 heterocycles. The van der Waals surface area contributed by atoms with Crippen LogP contribution in [0.5, 0.6) is 5.75 Å². The minimum Gasteiger partial charge on any atom is -0.494 e. The summed E-state index contributed by atoms with van der Waals surface area (Å²) < 4.78 is 5.39. The maximum atomic E-state index is 12.2. The Bertz CT molecular complexity index is 586. The van der Waals surface area contributed by atoms with Crippen molar-refractivity contribution in [1.29, 1.82) is 0 Å². The first-order valence-corrected chi connectivity index (χ1v) is 8.83. The zero-order chi connectivity index (χ0) is 17.7. The Morgan fingerprint density at radius 1 is 1.42 bits per heavy atom. The molecule has 0 saturated carbocycles. The molecular weight excluding hydrogens is 322 g/mol. The number of anilines is 1. The van der Waals surface area contributed by atoms with E-state index >= 15 is 0 Å². The van der Waals surface area contributed by atoms with Crippen LogP contribution in [0.15, 0.2) is 24.3 Å². The molecule has 1 aromatic carbocycles. The van der Waals surface area contributed by atoms with Crippen molar-refractivity contribution < 1.29 is 9.53 Å². The summed E-state index contributed by atoms with van der Waals surface area (Å²) in [5.41, 5.74) is 0.786. The quantitative estimate of drug-likeness (QED) is 0.773. The molecule has 1 saturated heterocycles. The SMILES string of the molecule is CCOc1ccc(NC(=O)CCN2C(=S)NC(C)(C)C[C@H]2C)cc1. The molecule has 2 N–H and O–H groups in total. The molecule has 1 aliphatic rings. The third-order valence-corrected chi connectivity index (χ3v) is 4.41. The second-order valence-electron chi connectivity index (χ2n) is 6.82. The fraction of sp³-hybridized carbons (Fsp3) is 0.556. The minimum atomic E-state index is -0.0148. The van der Waals surface area contributed by atoms with Crippen molar-refractivity contribution in [2.24, 2.45) is 0 Å². The lowest BCUT2D eigenvalue weighted by Crippen LogP contribution is -2.60. The Labute approximate surface area is 149 Å². The van der Waals surface area contributed by atoms with E-state index in [0.717, 1.165) is 23.0 Å².